The van der Waals surface area contributed by atoms with E-state index in [-0.39, 0.29) is 18.0 Å². The van der Waals surface area contributed by atoms with Crippen LogP contribution in [-0.4, -0.2) is 54.2 Å². The maximum atomic E-state index is 12.9. The predicted octanol–water partition coefficient (Wildman–Crippen LogP) is 2.72. The van der Waals surface area contributed by atoms with Crippen LogP contribution in [0.25, 0.3) is 6.08 Å². The monoisotopic (exact) mass is 387 g/mol. The van der Waals surface area contributed by atoms with E-state index in [1.165, 1.54) is 6.08 Å². The van der Waals surface area contributed by atoms with Crippen LogP contribution in [0, 0.1) is 5.82 Å². The zero-order chi connectivity index (χ0) is 19.9. The molecule has 3 rings (SSSR count). The number of rotatable bonds is 6. The largest absolute Gasteiger partial charge is 0.493 e. The van der Waals surface area contributed by atoms with Gasteiger partial charge in [0, 0.05) is 12.6 Å². The number of benzene rings is 1. The lowest BCUT2D eigenvalue weighted by atomic mass is 10.1. The van der Waals surface area contributed by atoms with Gasteiger partial charge in [-0.1, -0.05) is 6.07 Å². The minimum Gasteiger partial charge on any atom is -0.493 e. The number of piperidine rings is 1. The number of likely N-dealkylation sites (tertiary alicyclic amines) is 1. The first-order valence-corrected chi connectivity index (χ1v) is 8.92. The Morgan fingerprint density at radius 2 is 1.96 bits per heavy atom. The fourth-order valence-corrected chi connectivity index (χ4v) is 2.97. The molecule has 7 nitrogen and oxygen atoms in total. The van der Waals surface area contributed by atoms with Crippen LogP contribution in [0.3, 0.4) is 0 Å². The molecule has 0 spiro atoms. The van der Waals surface area contributed by atoms with Crippen molar-refractivity contribution in [3.8, 4) is 17.5 Å². The van der Waals surface area contributed by atoms with Crippen LogP contribution in [0.5, 0.6) is 17.5 Å². The molecule has 1 aliphatic heterocycles. The zero-order valence-corrected chi connectivity index (χ0v) is 15.8. The molecule has 2 aromatic rings. The lowest BCUT2D eigenvalue weighted by Crippen LogP contribution is -2.43. The van der Waals surface area contributed by atoms with E-state index in [9.17, 15) is 9.18 Å². The van der Waals surface area contributed by atoms with Gasteiger partial charge in [-0.25, -0.2) is 14.4 Å². The molecule has 1 amide bonds. The van der Waals surface area contributed by atoms with Crippen LogP contribution >= 0.6 is 0 Å². The molecule has 0 radical (unpaired) electrons. The van der Waals surface area contributed by atoms with Gasteiger partial charge in [0.05, 0.1) is 33.2 Å². The molecule has 0 N–H and O–H groups in total. The lowest BCUT2D eigenvalue weighted by Gasteiger charge is -2.31. The molecule has 1 atom stereocenters. The molecule has 1 fully saturated rings. The van der Waals surface area contributed by atoms with Crippen molar-refractivity contribution in [3.63, 3.8) is 0 Å². The first kappa shape index (κ1) is 19.6. The first-order valence-electron chi connectivity index (χ1n) is 8.92. The summed E-state index contributed by atoms with van der Waals surface area (Å²) >= 11 is 0. The third-order valence-corrected chi connectivity index (χ3v) is 4.38. The number of carbonyl (C=O) groups is 1. The van der Waals surface area contributed by atoms with E-state index in [0.29, 0.717) is 24.6 Å². The van der Waals surface area contributed by atoms with Crippen LogP contribution in [0.15, 0.2) is 36.7 Å². The van der Waals surface area contributed by atoms with E-state index >= 15 is 0 Å². The highest BCUT2D eigenvalue weighted by Gasteiger charge is 2.24. The number of hydrogen-bond donors (Lipinski definition) is 0. The van der Waals surface area contributed by atoms with Crippen molar-refractivity contribution in [1.29, 1.82) is 0 Å². The Morgan fingerprint density at radius 1 is 1.21 bits per heavy atom. The van der Waals surface area contributed by atoms with E-state index in [1.54, 1.807) is 37.3 Å². The summed E-state index contributed by atoms with van der Waals surface area (Å²) in [5.74, 6) is 0.601. The van der Waals surface area contributed by atoms with Gasteiger partial charge in [0.1, 0.15) is 6.10 Å². The van der Waals surface area contributed by atoms with Crippen LogP contribution in [0.1, 0.15) is 18.4 Å². The number of methoxy groups -OCH3 is 2. The maximum absolute atomic E-state index is 12.9. The third kappa shape index (κ3) is 4.97. The summed E-state index contributed by atoms with van der Waals surface area (Å²) in [6.45, 7) is 1.08. The molecular formula is C20H22FN3O4. The molecule has 1 aromatic carbocycles. The summed E-state index contributed by atoms with van der Waals surface area (Å²) < 4.78 is 29.0. The second-order valence-electron chi connectivity index (χ2n) is 6.30. The molecule has 1 unspecified atom stereocenters. The van der Waals surface area contributed by atoms with Gasteiger partial charge in [-0.3, -0.25) is 4.79 Å². The van der Waals surface area contributed by atoms with Gasteiger partial charge in [-0.05, 0) is 36.6 Å². The number of amides is 1. The van der Waals surface area contributed by atoms with Crippen molar-refractivity contribution >= 4 is 12.0 Å². The minimum atomic E-state index is -0.520. The Bertz CT molecular complexity index is 842. The topological polar surface area (TPSA) is 73.8 Å². The van der Waals surface area contributed by atoms with Crippen molar-refractivity contribution in [2.75, 3.05) is 27.3 Å². The van der Waals surface area contributed by atoms with Crippen molar-refractivity contribution in [3.05, 3.63) is 48.0 Å². The Kier molecular flexibility index (Phi) is 6.41. The summed E-state index contributed by atoms with van der Waals surface area (Å²) in [6, 6.07) is 5.55. The number of ether oxygens (including phenoxy) is 3. The van der Waals surface area contributed by atoms with E-state index in [0.717, 1.165) is 30.8 Å². The normalized spacial score (nSPS) is 16.8. The van der Waals surface area contributed by atoms with Gasteiger partial charge in [0.15, 0.2) is 17.3 Å². The summed E-state index contributed by atoms with van der Waals surface area (Å²) in [6.07, 6.45) is 6.74. The van der Waals surface area contributed by atoms with Gasteiger partial charge < -0.3 is 19.1 Å². The van der Waals surface area contributed by atoms with Gasteiger partial charge in [-0.15, -0.1) is 0 Å². The molecule has 2 heterocycles. The minimum absolute atomic E-state index is 0.108. The van der Waals surface area contributed by atoms with Crippen LogP contribution in [0.4, 0.5) is 4.39 Å². The zero-order valence-electron chi connectivity index (χ0n) is 15.8. The second-order valence-corrected chi connectivity index (χ2v) is 6.30. The Labute approximate surface area is 162 Å². The number of nitrogens with zero attached hydrogens (tertiary/aromatic N) is 3. The van der Waals surface area contributed by atoms with Crippen molar-refractivity contribution in [2.45, 2.75) is 18.9 Å². The van der Waals surface area contributed by atoms with Gasteiger partial charge in [0.2, 0.25) is 5.91 Å². The third-order valence-electron chi connectivity index (χ3n) is 4.38. The molecule has 1 saturated heterocycles. The quantitative estimate of drug-likeness (QED) is 0.710. The highest BCUT2D eigenvalue weighted by atomic mass is 19.1. The van der Waals surface area contributed by atoms with Crippen LogP contribution in [-0.2, 0) is 4.79 Å². The molecule has 1 aliphatic rings. The average molecular weight is 387 g/mol. The van der Waals surface area contributed by atoms with Gasteiger partial charge in [-0.2, -0.15) is 0 Å². The summed E-state index contributed by atoms with van der Waals surface area (Å²) in [4.78, 5) is 21.9. The Morgan fingerprint density at radius 3 is 2.68 bits per heavy atom. The van der Waals surface area contributed by atoms with Gasteiger partial charge in [0.25, 0.3) is 0 Å². The summed E-state index contributed by atoms with van der Waals surface area (Å²) in [7, 11) is 3.14. The van der Waals surface area contributed by atoms with Crippen LogP contribution < -0.4 is 14.2 Å². The summed E-state index contributed by atoms with van der Waals surface area (Å²) in [5.41, 5.74) is 0.829. The highest BCUT2D eigenvalue weighted by molar-refractivity contribution is 5.92. The summed E-state index contributed by atoms with van der Waals surface area (Å²) in [5, 5.41) is 0. The number of hydrogen-bond acceptors (Lipinski definition) is 6. The molecule has 148 valence electrons. The molecule has 8 heteroatoms. The fourth-order valence-electron chi connectivity index (χ4n) is 2.97. The SMILES string of the molecule is COc1ccc(C=CC(=O)N2CCCC(Oc3ncc(F)cn3)C2)cc1OC. The van der Waals surface area contributed by atoms with Crippen molar-refractivity contribution < 1.29 is 23.4 Å². The van der Waals surface area contributed by atoms with Gasteiger partial charge >= 0.3 is 6.01 Å². The first-order chi connectivity index (χ1) is 13.6. The van der Waals surface area contributed by atoms with E-state index in [4.69, 9.17) is 14.2 Å². The molecule has 0 aliphatic carbocycles. The maximum Gasteiger partial charge on any atom is 0.316 e. The van der Waals surface area contributed by atoms with E-state index < -0.39 is 5.82 Å². The van der Waals surface area contributed by atoms with E-state index in [2.05, 4.69) is 9.97 Å². The fraction of sp³-hybridized carbons (Fsp3) is 0.350. The Hall–Kier alpha value is -3.16. The number of aromatic nitrogens is 2. The predicted molar refractivity (Wildman–Crippen MR) is 101 cm³/mol. The second kappa shape index (κ2) is 9.16. The van der Waals surface area contributed by atoms with E-state index in [1.807, 2.05) is 6.07 Å². The Balaban J connectivity index is 1.60. The lowest BCUT2D eigenvalue weighted by molar-refractivity contribution is -0.128. The molecular weight excluding hydrogens is 365 g/mol. The molecule has 1 aromatic heterocycles. The standard InChI is InChI=1S/C20H22FN3O4/c1-26-17-7-5-14(10-18(17)27-2)6-8-19(25)24-9-3-4-16(13-24)28-20-22-11-15(21)12-23-20/h5-8,10-12,16H,3-4,9,13H2,1-2H3. The number of halogens is 1. The average Bonchev–Trinajstić information content (AvgIpc) is 2.73. The molecule has 0 bridgehead atoms. The van der Waals surface area contributed by atoms with Crippen molar-refractivity contribution in [1.82, 2.24) is 14.9 Å². The van der Waals surface area contributed by atoms with Crippen LogP contribution in [0.2, 0.25) is 0 Å². The number of carbonyl (C=O) groups excluding carboxylic acids is 1. The smallest absolute Gasteiger partial charge is 0.316 e. The van der Waals surface area contributed by atoms with Crippen molar-refractivity contribution in [2.24, 2.45) is 0 Å². The molecule has 0 saturated carbocycles. The molecule has 28 heavy (non-hydrogen) atoms. The highest BCUT2D eigenvalue weighted by Crippen LogP contribution is 2.28.